The fourth-order valence-electron chi connectivity index (χ4n) is 2.58. The van der Waals surface area contributed by atoms with Crippen LogP contribution in [-0.4, -0.2) is 54.1 Å². The van der Waals surface area contributed by atoms with Crippen LogP contribution in [0.5, 0.6) is 0 Å². The molecule has 2 atom stereocenters. The minimum Gasteiger partial charge on any atom is -0.372 e. The van der Waals surface area contributed by atoms with Crippen LogP contribution in [0, 0.1) is 0 Å². The first-order chi connectivity index (χ1) is 9.58. The molecule has 4 nitrogen and oxygen atoms in total. The molecule has 2 unspecified atom stereocenters. The molecule has 1 amide bonds. The van der Waals surface area contributed by atoms with Gasteiger partial charge in [-0.25, -0.2) is 0 Å². The number of nitrogens with zero attached hydrogens (tertiary/aromatic N) is 2. The van der Waals surface area contributed by atoms with Gasteiger partial charge >= 0.3 is 0 Å². The van der Waals surface area contributed by atoms with Crippen molar-refractivity contribution in [3.63, 3.8) is 0 Å². The highest BCUT2D eigenvalue weighted by atomic mass is 32.1. The molecule has 20 heavy (non-hydrogen) atoms. The molecule has 1 saturated heterocycles. The Bertz CT molecular complexity index is 412. The molecule has 0 aliphatic carbocycles. The van der Waals surface area contributed by atoms with E-state index in [1.54, 1.807) is 11.3 Å². The van der Waals surface area contributed by atoms with E-state index in [0.29, 0.717) is 19.6 Å². The summed E-state index contributed by atoms with van der Waals surface area (Å²) in [6, 6.07) is 4.18. The van der Waals surface area contributed by atoms with Crippen LogP contribution in [0.4, 0.5) is 0 Å². The monoisotopic (exact) mass is 296 g/mol. The van der Waals surface area contributed by atoms with Crippen molar-refractivity contribution in [3.05, 3.63) is 22.4 Å². The Kier molecular flexibility index (Phi) is 5.57. The lowest BCUT2D eigenvalue weighted by Gasteiger charge is -2.36. The lowest BCUT2D eigenvalue weighted by Crippen LogP contribution is -2.50. The van der Waals surface area contributed by atoms with Crippen molar-refractivity contribution in [1.82, 2.24) is 9.80 Å². The molecule has 2 rings (SSSR count). The van der Waals surface area contributed by atoms with Crippen LogP contribution >= 0.6 is 11.3 Å². The van der Waals surface area contributed by atoms with E-state index in [9.17, 15) is 4.79 Å². The number of amides is 1. The maximum atomic E-state index is 12.4. The van der Waals surface area contributed by atoms with Crippen molar-refractivity contribution in [2.75, 3.05) is 26.2 Å². The normalized spacial score (nSPS) is 23.3. The number of carbonyl (C=O) groups excluding carboxylic acids is 1. The van der Waals surface area contributed by atoms with Crippen LogP contribution < -0.4 is 0 Å². The van der Waals surface area contributed by atoms with E-state index in [0.717, 1.165) is 13.1 Å². The second-order valence-corrected chi connectivity index (χ2v) is 6.47. The Morgan fingerprint density at radius 2 is 2.15 bits per heavy atom. The third kappa shape index (κ3) is 4.30. The molecule has 112 valence electrons. The number of hydrogen-bond acceptors (Lipinski definition) is 4. The topological polar surface area (TPSA) is 32.8 Å². The second-order valence-electron chi connectivity index (χ2n) is 5.44. The molecule has 1 fully saturated rings. The van der Waals surface area contributed by atoms with Gasteiger partial charge in [0.15, 0.2) is 0 Å². The van der Waals surface area contributed by atoms with Gasteiger partial charge in [-0.15, -0.1) is 11.3 Å². The van der Waals surface area contributed by atoms with E-state index in [4.69, 9.17) is 4.74 Å². The van der Waals surface area contributed by atoms with Crippen LogP contribution in [0.2, 0.25) is 0 Å². The standard InChI is InChI=1S/C15H24N2O2S/c1-4-16(10-14-6-5-7-20-14)11-15(18)17-8-12(2)19-13(3)9-17/h5-7,12-13H,4,8-11H2,1-3H3. The first-order valence-corrected chi connectivity index (χ1v) is 8.14. The highest BCUT2D eigenvalue weighted by Gasteiger charge is 2.26. The van der Waals surface area contributed by atoms with E-state index in [1.165, 1.54) is 4.88 Å². The maximum Gasteiger partial charge on any atom is 0.236 e. The summed E-state index contributed by atoms with van der Waals surface area (Å²) >= 11 is 1.74. The summed E-state index contributed by atoms with van der Waals surface area (Å²) in [5.41, 5.74) is 0. The molecular weight excluding hydrogens is 272 g/mol. The van der Waals surface area contributed by atoms with Crippen LogP contribution in [0.15, 0.2) is 17.5 Å². The first-order valence-electron chi connectivity index (χ1n) is 7.26. The number of carbonyl (C=O) groups is 1. The van der Waals surface area contributed by atoms with Crippen molar-refractivity contribution in [2.24, 2.45) is 0 Å². The zero-order valence-corrected chi connectivity index (χ0v) is 13.4. The van der Waals surface area contributed by atoms with Gasteiger partial charge in [0.05, 0.1) is 18.8 Å². The molecule has 1 aromatic heterocycles. The highest BCUT2D eigenvalue weighted by Crippen LogP contribution is 2.14. The molecule has 5 heteroatoms. The van der Waals surface area contributed by atoms with Gasteiger partial charge in [-0.2, -0.15) is 0 Å². The Morgan fingerprint density at radius 3 is 2.70 bits per heavy atom. The fraction of sp³-hybridized carbons (Fsp3) is 0.667. The first kappa shape index (κ1) is 15.5. The molecule has 1 aliphatic heterocycles. The van der Waals surface area contributed by atoms with Gasteiger partial charge in [-0.1, -0.05) is 13.0 Å². The average Bonchev–Trinajstić information content (AvgIpc) is 2.89. The highest BCUT2D eigenvalue weighted by molar-refractivity contribution is 7.09. The second kappa shape index (κ2) is 7.20. The molecule has 0 aromatic carbocycles. The summed E-state index contributed by atoms with van der Waals surface area (Å²) in [7, 11) is 0. The van der Waals surface area contributed by atoms with Gasteiger partial charge in [-0.05, 0) is 31.8 Å². The van der Waals surface area contributed by atoms with Crippen LogP contribution in [-0.2, 0) is 16.1 Å². The quantitative estimate of drug-likeness (QED) is 0.835. The van der Waals surface area contributed by atoms with Crippen molar-refractivity contribution >= 4 is 17.2 Å². The lowest BCUT2D eigenvalue weighted by molar-refractivity contribution is -0.144. The Labute approximate surface area is 125 Å². The molecule has 0 radical (unpaired) electrons. The van der Waals surface area contributed by atoms with Crippen molar-refractivity contribution in [2.45, 2.75) is 39.5 Å². The smallest absolute Gasteiger partial charge is 0.236 e. The molecule has 1 aliphatic rings. The van der Waals surface area contributed by atoms with Gasteiger partial charge < -0.3 is 9.64 Å². The molecule has 0 N–H and O–H groups in total. The number of likely N-dealkylation sites (N-methyl/N-ethyl adjacent to an activating group) is 1. The predicted molar refractivity (Wildman–Crippen MR) is 81.9 cm³/mol. The summed E-state index contributed by atoms with van der Waals surface area (Å²) in [5.74, 6) is 0.213. The predicted octanol–water partition coefficient (Wildman–Crippen LogP) is 2.21. The van der Waals surface area contributed by atoms with E-state index in [-0.39, 0.29) is 18.1 Å². The number of ether oxygens (including phenoxy) is 1. The third-order valence-corrected chi connectivity index (χ3v) is 4.40. The van der Waals surface area contributed by atoms with Gasteiger partial charge in [0, 0.05) is 24.5 Å². The summed E-state index contributed by atoms with van der Waals surface area (Å²) in [5, 5.41) is 2.08. The SMILES string of the molecule is CCN(CC(=O)N1CC(C)OC(C)C1)Cc1cccs1. The van der Waals surface area contributed by atoms with E-state index in [2.05, 4.69) is 29.3 Å². The molecule has 1 aromatic rings. The van der Waals surface area contributed by atoms with Gasteiger partial charge in [0.25, 0.3) is 0 Å². The van der Waals surface area contributed by atoms with Crippen LogP contribution in [0.1, 0.15) is 25.6 Å². The van der Waals surface area contributed by atoms with Gasteiger partial charge in [0.1, 0.15) is 0 Å². The zero-order valence-electron chi connectivity index (χ0n) is 12.5. The molecular formula is C15H24N2O2S. The average molecular weight is 296 g/mol. The molecule has 2 heterocycles. The largest absolute Gasteiger partial charge is 0.372 e. The lowest BCUT2D eigenvalue weighted by atomic mass is 10.2. The molecule has 0 saturated carbocycles. The number of hydrogen-bond donors (Lipinski definition) is 0. The van der Waals surface area contributed by atoms with E-state index in [1.807, 2.05) is 18.7 Å². The Hall–Kier alpha value is -0.910. The minimum atomic E-state index is 0.134. The molecule has 0 bridgehead atoms. The fourth-order valence-corrected chi connectivity index (χ4v) is 3.32. The Balaban J connectivity index is 1.88. The van der Waals surface area contributed by atoms with Crippen LogP contribution in [0.25, 0.3) is 0 Å². The van der Waals surface area contributed by atoms with Crippen molar-refractivity contribution in [3.8, 4) is 0 Å². The minimum absolute atomic E-state index is 0.134. The maximum absolute atomic E-state index is 12.4. The van der Waals surface area contributed by atoms with Gasteiger partial charge in [-0.3, -0.25) is 9.69 Å². The van der Waals surface area contributed by atoms with Crippen LogP contribution in [0.3, 0.4) is 0 Å². The van der Waals surface area contributed by atoms with Gasteiger partial charge in [0.2, 0.25) is 5.91 Å². The van der Waals surface area contributed by atoms with Crippen molar-refractivity contribution < 1.29 is 9.53 Å². The number of rotatable bonds is 5. The van der Waals surface area contributed by atoms with E-state index >= 15 is 0 Å². The summed E-state index contributed by atoms with van der Waals surface area (Å²) in [4.78, 5) is 17.9. The van der Waals surface area contributed by atoms with Crippen molar-refractivity contribution in [1.29, 1.82) is 0 Å². The third-order valence-electron chi connectivity index (χ3n) is 3.54. The Morgan fingerprint density at radius 1 is 1.45 bits per heavy atom. The van der Waals surface area contributed by atoms with E-state index < -0.39 is 0 Å². The summed E-state index contributed by atoms with van der Waals surface area (Å²) in [6.07, 6.45) is 0.269. The number of thiophene rings is 1. The zero-order chi connectivity index (χ0) is 14.5. The molecule has 0 spiro atoms. The summed E-state index contributed by atoms with van der Waals surface area (Å²) < 4.78 is 5.68. The summed E-state index contributed by atoms with van der Waals surface area (Å²) in [6.45, 7) is 9.81. The number of morpholine rings is 1.